The van der Waals surface area contributed by atoms with Crippen molar-refractivity contribution in [3.63, 3.8) is 0 Å². The molecule has 1 atom stereocenters. The van der Waals surface area contributed by atoms with Crippen molar-refractivity contribution in [1.82, 2.24) is 9.62 Å². The molecule has 4 nitrogen and oxygen atoms in total. The quantitative estimate of drug-likeness (QED) is 0.831. The summed E-state index contributed by atoms with van der Waals surface area (Å²) in [5.41, 5.74) is 0. The zero-order chi connectivity index (χ0) is 14.2. The number of hydrogen-bond acceptors (Lipinski definition) is 3. The van der Waals surface area contributed by atoms with Crippen molar-refractivity contribution in [1.29, 1.82) is 0 Å². The first kappa shape index (κ1) is 14.3. The summed E-state index contributed by atoms with van der Waals surface area (Å²) in [5, 5.41) is 3.04. The molecule has 1 heterocycles. The first-order valence-corrected chi connectivity index (χ1v) is 7.15. The van der Waals surface area contributed by atoms with Gasteiger partial charge in [0, 0.05) is 25.7 Å². The van der Waals surface area contributed by atoms with Gasteiger partial charge in [0.2, 0.25) is 10.0 Å². The maximum Gasteiger partial charge on any atom is 0.246 e. The molecule has 1 aromatic carbocycles. The maximum absolute atomic E-state index is 13.6. The van der Waals surface area contributed by atoms with Gasteiger partial charge in [0.1, 0.15) is 4.90 Å². The first-order chi connectivity index (χ1) is 8.84. The van der Waals surface area contributed by atoms with Gasteiger partial charge in [-0.25, -0.2) is 21.6 Å². The van der Waals surface area contributed by atoms with E-state index in [2.05, 4.69) is 5.32 Å². The van der Waals surface area contributed by atoms with Gasteiger partial charge in [-0.3, -0.25) is 0 Å². The third kappa shape index (κ3) is 2.60. The average molecular weight is 294 g/mol. The Morgan fingerprint density at radius 2 is 1.95 bits per heavy atom. The minimum atomic E-state index is -4.15. The molecule has 2 rings (SSSR count). The topological polar surface area (TPSA) is 49.4 Å². The fraction of sp³-hybridized carbons (Fsp3) is 0.455. The summed E-state index contributed by atoms with van der Waals surface area (Å²) >= 11 is 0. The summed E-state index contributed by atoms with van der Waals surface area (Å²) in [6.07, 6.45) is 0. The second-order valence-electron chi connectivity index (χ2n) is 4.39. The van der Waals surface area contributed by atoms with Gasteiger partial charge in [-0.05, 0) is 19.1 Å². The van der Waals surface area contributed by atoms with Crippen molar-refractivity contribution in [2.45, 2.75) is 17.9 Å². The third-order valence-corrected chi connectivity index (χ3v) is 4.83. The second-order valence-corrected chi connectivity index (χ2v) is 6.30. The number of piperazine rings is 1. The van der Waals surface area contributed by atoms with Crippen LogP contribution in [0.5, 0.6) is 0 Å². The van der Waals surface area contributed by atoms with E-state index < -0.39 is 32.4 Å². The second kappa shape index (κ2) is 5.10. The van der Waals surface area contributed by atoms with Crippen LogP contribution in [0.1, 0.15) is 6.92 Å². The zero-order valence-corrected chi connectivity index (χ0v) is 11.0. The molecule has 0 bridgehead atoms. The average Bonchev–Trinajstić information content (AvgIpc) is 2.36. The summed E-state index contributed by atoms with van der Waals surface area (Å²) < 4.78 is 64.9. The molecule has 0 aliphatic carbocycles. The molecule has 1 N–H and O–H groups in total. The standard InChI is InChI=1S/C11H13F3N2O2S/c1-7-6-16(5-4-15-7)19(17,18)9-3-2-8(12)10(13)11(9)14/h2-3,7,15H,4-6H2,1H3. The first-order valence-electron chi connectivity index (χ1n) is 5.71. The van der Waals surface area contributed by atoms with E-state index in [-0.39, 0.29) is 19.1 Å². The van der Waals surface area contributed by atoms with Gasteiger partial charge in [-0.1, -0.05) is 0 Å². The van der Waals surface area contributed by atoms with E-state index in [0.29, 0.717) is 12.6 Å². The normalized spacial score (nSPS) is 21.6. The molecule has 1 aliphatic rings. The minimum Gasteiger partial charge on any atom is -0.312 e. The maximum atomic E-state index is 13.6. The van der Waals surface area contributed by atoms with Gasteiger partial charge in [0.15, 0.2) is 17.5 Å². The predicted molar refractivity (Wildman–Crippen MR) is 62.5 cm³/mol. The summed E-state index contributed by atoms with van der Waals surface area (Å²) in [6.45, 7) is 2.51. The molecule has 1 saturated heterocycles. The Morgan fingerprint density at radius 1 is 1.26 bits per heavy atom. The highest BCUT2D eigenvalue weighted by atomic mass is 32.2. The van der Waals surface area contributed by atoms with Gasteiger partial charge in [0.25, 0.3) is 0 Å². The van der Waals surface area contributed by atoms with Crippen LogP contribution in [0.15, 0.2) is 17.0 Å². The van der Waals surface area contributed by atoms with E-state index >= 15 is 0 Å². The minimum absolute atomic E-state index is 0.0862. The Balaban J connectivity index is 2.42. The van der Waals surface area contributed by atoms with Gasteiger partial charge in [0.05, 0.1) is 0 Å². The molecule has 1 fully saturated rings. The molecular weight excluding hydrogens is 281 g/mol. The molecule has 0 saturated carbocycles. The smallest absolute Gasteiger partial charge is 0.246 e. The molecule has 106 valence electrons. The van der Waals surface area contributed by atoms with Crippen LogP contribution in [-0.4, -0.2) is 38.4 Å². The predicted octanol–water partition coefficient (Wildman–Crippen LogP) is 1.09. The molecule has 1 aliphatic heterocycles. The van der Waals surface area contributed by atoms with Gasteiger partial charge < -0.3 is 5.32 Å². The number of sulfonamides is 1. The van der Waals surface area contributed by atoms with Crippen molar-refractivity contribution in [3.8, 4) is 0 Å². The molecule has 0 spiro atoms. The van der Waals surface area contributed by atoms with E-state index in [0.717, 1.165) is 10.4 Å². The summed E-state index contributed by atoms with van der Waals surface area (Å²) in [4.78, 5) is -0.833. The van der Waals surface area contributed by atoms with Crippen molar-refractivity contribution in [2.24, 2.45) is 0 Å². The van der Waals surface area contributed by atoms with Crippen molar-refractivity contribution >= 4 is 10.0 Å². The molecule has 19 heavy (non-hydrogen) atoms. The highest BCUT2D eigenvalue weighted by Gasteiger charge is 2.32. The van der Waals surface area contributed by atoms with Crippen LogP contribution in [0.25, 0.3) is 0 Å². The summed E-state index contributed by atoms with van der Waals surface area (Å²) in [7, 11) is -4.15. The van der Waals surface area contributed by atoms with Crippen molar-refractivity contribution < 1.29 is 21.6 Å². The highest BCUT2D eigenvalue weighted by molar-refractivity contribution is 7.89. The van der Waals surface area contributed by atoms with Crippen LogP contribution < -0.4 is 5.32 Å². The van der Waals surface area contributed by atoms with Crippen LogP contribution in [0.3, 0.4) is 0 Å². The van der Waals surface area contributed by atoms with Crippen LogP contribution in [0, 0.1) is 17.5 Å². The molecule has 0 radical (unpaired) electrons. The monoisotopic (exact) mass is 294 g/mol. The van der Waals surface area contributed by atoms with Crippen LogP contribution in [-0.2, 0) is 10.0 Å². The van der Waals surface area contributed by atoms with Gasteiger partial charge >= 0.3 is 0 Å². The van der Waals surface area contributed by atoms with Crippen LogP contribution in [0.2, 0.25) is 0 Å². The molecule has 1 aromatic rings. The third-order valence-electron chi connectivity index (χ3n) is 2.95. The van der Waals surface area contributed by atoms with Crippen LogP contribution in [0.4, 0.5) is 13.2 Å². The Hall–Kier alpha value is -1.12. The zero-order valence-electron chi connectivity index (χ0n) is 10.2. The number of benzene rings is 1. The number of halogens is 3. The molecular formula is C11H13F3N2O2S. The van der Waals surface area contributed by atoms with E-state index in [1.807, 2.05) is 0 Å². The van der Waals surface area contributed by atoms with Gasteiger partial charge in [-0.15, -0.1) is 0 Å². The van der Waals surface area contributed by atoms with E-state index in [1.165, 1.54) is 0 Å². The Labute approximate surface area is 109 Å². The fourth-order valence-electron chi connectivity index (χ4n) is 1.96. The molecule has 0 amide bonds. The number of nitrogens with zero attached hydrogens (tertiary/aromatic N) is 1. The molecule has 0 aromatic heterocycles. The number of nitrogens with one attached hydrogen (secondary N) is 1. The lowest BCUT2D eigenvalue weighted by Crippen LogP contribution is -2.51. The Bertz CT molecular complexity index is 592. The Morgan fingerprint density at radius 3 is 2.58 bits per heavy atom. The van der Waals surface area contributed by atoms with E-state index in [1.54, 1.807) is 6.92 Å². The lowest BCUT2D eigenvalue weighted by atomic mass is 10.3. The van der Waals surface area contributed by atoms with Crippen molar-refractivity contribution in [3.05, 3.63) is 29.6 Å². The van der Waals surface area contributed by atoms with Gasteiger partial charge in [-0.2, -0.15) is 4.31 Å². The number of rotatable bonds is 2. The largest absolute Gasteiger partial charge is 0.312 e. The molecule has 1 unspecified atom stereocenters. The van der Waals surface area contributed by atoms with Crippen molar-refractivity contribution in [2.75, 3.05) is 19.6 Å². The number of hydrogen-bond donors (Lipinski definition) is 1. The lowest BCUT2D eigenvalue weighted by Gasteiger charge is -2.31. The Kier molecular flexibility index (Phi) is 3.84. The van der Waals surface area contributed by atoms with E-state index in [4.69, 9.17) is 0 Å². The molecule has 8 heteroatoms. The summed E-state index contributed by atoms with van der Waals surface area (Å²) in [5.74, 6) is -4.86. The lowest BCUT2D eigenvalue weighted by molar-refractivity contribution is 0.308. The highest BCUT2D eigenvalue weighted by Crippen LogP contribution is 2.23. The SMILES string of the molecule is CC1CN(S(=O)(=O)c2ccc(F)c(F)c2F)CCN1. The summed E-state index contributed by atoms with van der Waals surface area (Å²) in [6, 6.07) is 1.27. The van der Waals surface area contributed by atoms with E-state index in [9.17, 15) is 21.6 Å². The van der Waals surface area contributed by atoms with Crippen LogP contribution >= 0.6 is 0 Å². The fourth-order valence-corrected chi connectivity index (χ4v) is 3.55.